The Labute approximate surface area is 214 Å². The number of carbonyl (C=O) groups excluding carboxylic acids is 4. The first-order valence-corrected chi connectivity index (χ1v) is 12.0. The van der Waals surface area contributed by atoms with Crippen molar-refractivity contribution in [2.45, 2.75) is 6.54 Å². The van der Waals surface area contributed by atoms with Gasteiger partial charge in [-0.05, 0) is 42.0 Å². The molecule has 37 heavy (non-hydrogen) atoms. The first-order valence-electron chi connectivity index (χ1n) is 12.0. The molecule has 5 amide bonds. The minimum atomic E-state index is -0.353. The molecular weight excluding hydrogens is 472 g/mol. The van der Waals surface area contributed by atoms with E-state index in [0.717, 1.165) is 0 Å². The highest BCUT2D eigenvalue weighted by Crippen LogP contribution is 2.27. The Morgan fingerprint density at radius 1 is 0.811 bits per heavy atom. The summed E-state index contributed by atoms with van der Waals surface area (Å²) in [5, 5.41) is 2.87. The topological polar surface area (TPSA) is 99.3 Å². The first-order chi connectivity index (χ1) is 18.0. The molecule has 0 spiro atoms. The molecule has 1 fully saturated rings. The number of anilines is 1. The fraction of sp³-hybridized carbons (Fsp3) is 0.214. The van der Waals surface area contributed by atoms with Gasteiger partial charge in [-0.2, -0.15) is 0 Å². The molecule has 9 heteroatoms. The molecule has 3 aromatic rings. The number of para-hydroxylation sites is 1. The Morgan fingerprint density at radius 2 is 1.41 bits per heavy atom. The monoisotopic (exact) mass is 498 g/mol. The van der Waals surface area contributed by atoms with Crippen LogP contribution in [0.2, 0.25) is 0 Å². The molecule has 2 aliphatic heterocycles. The van der Waals surface area contributed by atoms with Gasteiger partial charge < -0.3 is 19.9 Å². The number of fused-ring (bicyclic) bond motifs is 1. The average molecular weight is 499 g/mol. The van der Waals surface area contributed by atoms with E-state index in [9.17, 15) is 19.2 Å². The van der Waals surface area contributed by atoms with E-state index in [1.165, 1.54) is 12.0 Å². The lowest BCUT2D eigenvalue weighted by molar-refractivity contribution is 0.0641. The highest BCUT2D eigenvalue weighted by atomic mass is 16.5. The summed E-state index contributed by atoms with van der Waals surface area (Å²) in [5.41, 5.74) is 2.46. The Balaban J connectivity index is 1.26. The van der Waals surface area contributed by atoms with Crippen molar-refractivity contribution in [2.24, 2.45) is 0 Å². The van der Waals surface area contributed by atoms with Crippen molar-refractivity contribution < 1.29 is 23.9 Å². The van der Waals surface area contributed by atoms with Crippen molar-refractivity contribution in [1.29, 1.82) is 0 Å². The van der Waals surface area contributed by atoms with E-state index in [2.05, 4.69) is 5.32 Å². The number of benzene rings is 3. The molecule has 0 aliphatic carbocycles. The van der Waals surface area contributed by atoms with Gasteiger partial charge in [0.1, 0.15) is 5.75 Å². The van der Waals surface area contributed by atoms with E-state index in [4.69, 9.17) is 4.74 Å². The molecule has 0 bridgehead atoms. The fourth-order valence-electron chi connectivity index (χ4n) is 4.59. The van der Waals surface area contributed by atoms with Gasteiger partial charge in [-0.3, -0.25) is 19.3 Å². The molecule has 3 aromatic carbocycles. The van der Waals surface area contributed by atoms with Crippen LogP contribution < -0.4 is 10.1 Å². The van der Waals surface area contributed by atoms with Crippen LogP contribution in [0.4, 0.5) is 10.5 Å². The summed E-state index contributed by atoms with van der Waals surface area (Å²) >= 11 is 0. The van der Waals surface area contributed by atoms with Crippen LogP contribution in [-0.2, 0) is 6.54 Å². The Kier molecular flexibility index (Phi) is 6.59. The van der Waals surface area contributed by atoms with Crippen molar-refractivity contribution in [2.75, 3.05) is 38.6 Å². The van der Waals surface area contributed by atoms with Crippen LogP contribution in [0.5, 0.6) is 5.75 Å². The summed E-state index contributed by atoms with van der Waals surface area (Å²) in [6.45, 7) is 1.56. The molecule has 0 radical (unpaired) electrons. The minimum absolute atomic E-state index is 0.0457. The van der Waals surface area contributed by atoms with Crippen molar-refractivity contribution in [3.8, 4) is 5.75 Å². The lowest BCUT2D eigenvalue weighted by Gasteiger charge is -2.35. The predicted octanol–water partition coefficient (Wildman–Crippen LogP) is 3.48. The Hall–Kier alpha value is -4.66. The highest BCUT2D eigenvalue weighted by Gasteiger charge is 2.35. The molecule has 1 saturated heterocycles. The number of ether oxygens (including phenoxy) is 1. The maximum absolute atomic E-state index is 13.4. The molecule has 1 N–H and O–H groups in total. The largest absolute Gasteiger partial charge is 0.496 e. The molecular formula is C28H26N4O5. The number of hydrogen-bond donors (Lipinski definition) is 1. The summed E-state index contributed by atoms with van der Waals surface area (Å²) in [6.07, 6.45) is 0. The number of nitrogens with zero attached hydrogens (tertiary/aromatic N) is 3. The standard InChI is InChI=1S/C28H26N4O5/c1-37-24-12-11-19(18-32-26(34)21-9-5-6-10-22(21)27(32)35)17-23(24)25(33)30-13-15-31(16-14-30)28(36)29-20-7-3-2-4-8-20/h2-12,17H,13-16,18H2,1H3,(H,29,36). The predicted molar refractivity (Wildman–Crippen MR) is 137 cm³/mol. The summed E-state index contributed by atoms with van der Waals surface area (Å²) in [7, 11) is 1.49. The van der Waals surface area contributed by atoms with Crippen molar-refractivity contribution in [3.63, 3.8) is 0 Å². The molecule has 188 valence electrons. The summed E-state index contributed by atoms with van der Waals surface area (Å²) in [5.74, 6) is -0.534. The second-order valence-corrected chi connectivity index (χ2v) is 8.85. The number of methoxy groups -OCH3 is 1. The molecule has 0 aromatic heterocycles. The second kappa shape index (κ2) is 10.1. The van der Waals surface area contributed by atoms with Crippen molar-refractivity contribution in [3.05, 3.63) is 95.1 Å². The van der Waals surface area contributed by atoms with Crippen LogP contribution >= 0.6 is 0 Å². The zero-order valence-electron chi connectivity index (χ0n) is 20.3. The molecule has 0 atom stereocenters. The van der Waals surface area contributed by atoms with E-state index in [1.54, 1.807) is 52.3 Å². The normalized spacial score (nSPS) is 15.0. The van der Waals surface area contributed by atoms with Crippen molar-refractivity contribution in [1.82, 2.24) is 14.7 Å². The number of hydrogen-bond acceptors (Lipinski definition) is 5. The maximum atomic E-state index is 13.4. The minimum Gasteiger partial charge on any atom is -0.496 e. The summed E-state index contributed by atoms with van der Waals surface area (Å²) in [4.78, 5) is 56.1. The van der Waals surface area contributed by atoms with Crippen molar-refractivity contribution >= 4 is 29.4 Å². The number of imide groups is 1. The first kappa shape index (κ1) is 24.1. The molecule has 5 rings (SSSR count). The van der Waals surface area contributed by atoms with Gasteiger partial charge in [0.2, 0.25) is 0 Å². The van der Waals surface area contributed by atoms with Gasteiger partial charge in [0, 0.05) is 31.9 Å². The zero-order chi connectivity index (χ0) is 25.9. The smallest absolute Gasteiger partial charge is 0.321 e. The van der Waals surface area contributed by atoms with Crippen LogP contribution in [0.3, 0.4) is 0 Å². The molecule has 2 heterocycles. The number of urea groups is 1. The van der Waals surface area contributed by atoms with Crippen LogP contribution in [0.15, 0.2) is 72.8 Å². The lowest BCUT2D eigenvalue weighted by atomic mass is 10.1. The van der Waals surface area contributed by atoms with Gasteiger partial charge in [0.05, 0.1) is 30.3 Å². The fourth-order valence-corrected chi connectivity index (χ4v) is 4.59. The molecule has 0 saturated carbocycles. The average Bonchev–Trinajstić information content (AvgIpc) is 3.18. The third-order valence-electron chi connectivity index (χ3n) is 6.59. The summed E-state index contributed by atoms with van der Waals surface area (Å²) < 4.78 is 5.43. The van der Waals surface area contributed by atoms with Crippen LogP contribution in [0.25, 0.3) is 0 Å². The second-order valence-electron chi connectivity index (χ2n) is 8.85. The van der Waals surface area contributed by atoms with E-state index in [1.807, 2.05) is 30.3 Å². The molecule has 0 unspecified atom stereocenters. The maximum Gasteiger partial charge on any atom is 0.321 e. The number of amides is 5. The van der Waals surface area contributed by atoms with Gasteiger partial charge >= 0.3 is 6.03 Å². The Bertz CT molecular complexity index is 1330. The number of nitrogens with one attached hydrogen (secondary N) is 1. The van der Waals surface area contributed by atoms with Gasteiger partial charge in [-0.25, -0.2) is 4.79 Å². The van der Waals surface area contributed by atoms with E-state index in [0.29, 0.717) is 59.9 Å². The van der Waals surface area contributed by atoms with Gasteiger partial charge in [-0.15, -0.1) is 0 Å². The number of carbonyl (C=O) groups is 4. The lowest BCUT2D eigenvalue weighted by Crippen LogP contribution is -2.51. The quantitative estimate of drug-likeness (QED) is 0.543. The van der Waals surface area contributed by atoms with Crippen LogP contribution in [0, 0.1) is 0 Å². The van der Waals surface area contributed by atoms with Gasteiger partial charge in [0.25, 0.3) is 17.7 Å². The van der Waals surface area contributed by atoms with Crippen LogP contribution in [0.1, 0.15) is 36.6 Å². The van der Waals surface area contributed by atoms with E-state index < -0.39 is 0 Å². The Morgan fingerprint density at radius 3 is 2.03 bits per heavy atom. The van der Waals surface area contributed by atoms with Gasteiger partial charge in [0.15, 0.2) is 0 Å². The SMILES string of the molecule is COc1ccc(CN2C(=O)c3ccccc3C2=O)cc1C(=O)N1CCN(C(=O)Nc2ccccc2)CC1. The van der Waals surface area contributed by atoms with E-state index in [-0.39, 0.29) is 30.3 Å². The van der Waals surface area contributed by atoms with Crippen LogP contribution in [-0.4, -0.2) is 71.7 Å². The zero-order valence-corrected chi connectivity index (χ0v) is 20.3. The van der Waals surface area contributed by atoms with Gasteiger partial charge in [-0.1, -0.05) is 36.4 Å². The highest BCUT2D eigenvalue weighted by molar-refractivity contribution is 6.21. The number of rotatable bonds is 5. The third-order valence-corrected chi connectivity index (χ3v) is 6.59. The molecule has 9 nitrogen and oxygen atoms in total. The molecule has 2 aliphatic rings. The third kappa shape index (κ3) is 4.75. The van der Waals surface area contributed by atoms with E-state index >= 15 is 0 Å². The number of piperazine rings is 1. The summed E-state index contributed by atoms with van der Waals surface area (Å²) in [6, 6.07) is 20.8.